The molecule has 2 aromatic heterocycles. The van der Waals surface area contributed by atoms with Gasteiger partial charge in [0.15, 0.2) is 5.69 Å². The predicted octanol–water partition coefficient (Wildman–Crippen LogP) is 2.26. The lowest BCUT2D eigenvalue weighted by Gasteiger charge is -2.24. The van der Waals surface area contributed by atoms with Crippen LogP contribution in [-0.2, 0) is 6.54 Å². The average Bonchev–Trinajstić information content (AvgIpc) is 3.32. The van der Waals surface area contributed by atoms with Crippen LogP contribution in [0.15, 0.2) is 53.5 Å². The highest BCUT2D eigenvalue weighted by Gasteiger charge is 2.34. The summed E-state index contributed by atoms with van der Waals surface area (Å²) in [7, 11) is 1.49. The number of aromatic amines is 1. The lowest BCUT2D eigenvalue weighted by atomic mass is 10.1. The van der Waals surface area contributed by atoms with Gasteiger partial charge >= 0.3 is 0 Å². The molecular weight excluding hydrogens is 429 g/mol. The van der Waals surface area contributed by atoms with Crippen molar-refractivity contribution in [2.24, 2.45) is 0 Å². The van der Waals surface area contributed by atoms with Crippen LogP contribution >= 0.6 is 0 Å². The van der Waals surface area contributed by atoms with Crippen molar-refractivity contribution < 1.29 is 19.1 Å². The van der Waals surface area contributed by atoms with E-state index in [1.165, 1.54) is 42.4 Å². The molecule has 1 aromatic carbocycles. The molecule has 0 spiro atoms. The number of pyridine rings is 1. The normalized spacial score (nSPS) is 15.5. The number of aromatic hydroxyl groups is 1. The third-order valence-electron chi connectivity index (χ3n) is 5.51. The van der Waals surface area contributed by atoms with Crippen molar-refractivity contribution in [1.29, 1.82) is 0 Å². The number of rotatable bonds is 5. The Balaban J connectivity index is 1.61. The maximum Gasteiger partial charge on any atom is 0.294 e. The first kappa shape index (κ1) is 22.1. The molecule has 170 valence electrons. The van der Waals surface area contributed by atoms with Gasteiger partial charge in [-0.2, -0.15) is 0 Å². The Morgan fingerprint density at radius 3 is 2.70 bits per heavy atom. The third kappa shape index (κ3) is 4.59. The minimum absolute atomic E-state index is 0.121. The second-order valence-corrected chi connectivity index (χ2v) is 7.81. The summed E-state index contributed by atoms with van der Waals surface area (Å²) in [5.74, 6) is -2.05. The zero-order valence-electron chi connectivity index (χ0n) is 17.9. The van der Waals surface area contributed by atoms with Crippen LogP contribution in [0.1, 0.15) is 51.2 Å². The van der Waals surface area contributed by atoms with E-state index >= 15 is 0 Å². The lowest BCUT2D eigenvalue weighted by Crippen LogP contribution is -2.34. The third-order valence-corrected chi connectivity index (χ3v) is 5.51. The SMILES string of the molecule is CN(Cc1ccc(F)cc1)C(=O)c1nc(C2CCCN2C(=O)c2ccccn2)[nH]c(=O)c1O. The number of halogens is 1. The van der Waals surface area contributed by atoms with Crippen molar-refractivity contribution in [2.75, 3.05) is 13.6 Å². The first-order chi connectivity index (χ1) is 15.8. The number of carbonyl (C=O) groups is 2. The molecule has 3 heterocycles. The van der Waals surface area contributed by atoms with Gasteiger partial charge in [0, 0.05) is 26.3 Å². The van der Waals surface area contributed by atoms with E-state index in [0.29, 0.717) is 24.9 Å². The van der Waals surface area contributed by atoms with Crippen molar-refractivity contribution in [1.82, 2.24) is 24.8 Å². The van der Waals surface area contributed by atoms with Gasteiger partial charge in [-0.15, -0.1) is 0 Å². The van der Waals surface area contributed by atoms with E-state index in [1.807, 2.05) is 0 Å². The standard InChI is InChI=1S/C23H22FN5O4/c1-28(13-14-7-9-15(24)10-8-14)23(33)18-19(30)21(31)27-20(26-18)17-6-4-12-29(17)22(32)16-5-2-3-11-25-16/h2-3,5,7-11,17,30H,4,6,12-13H2,1H3,(H,26,27,31). The summed E-state index contributed by atoms with van der Waals surface area (Å²) in [5, 5.41) is 10.2. The van der Waals surface area contributed by atoms with Crippen LogP contribution in [0.4, 0.5) is 4.39 Å². The monoisotopic (exact) mass is 451 g/mol. The van der Waals surface area contributed by atoms with Crippen LogP contribution in [0.25, 0.3) is 0 Å². The Labute approximate surface area is 188 Å². The maximum absolute atomic E-state index is 13.1. The fourth-order valence-corrected chi connectivity index (χ4v) is 3.84. The summed E-state index contributed by atoms with van der Waals surface area (Å²) < 4.78 is 13.1. The number of nitrogens with zero attached hydrogens (tertiary/aromatic N) is 4. The van der Waals surface area contributed by atoms with Gasteiger partial charge < -0.3 is 19.9 Å². The average molecular weight is 451 g/mol. The molecule has 1 unspecified atom stereocenters. The van der Waals surface area contributed by atoms with E-state index in [0.717, 1.165) is 0 Å². The van der Waals surface area contributed by atoms with Crippen molar-refractivity contribution in [3.63, 3.8) is 0 Å². The molecule has 0 aliphatic carbocycles. The molecule has 1 fully saturated rings. The zero-order valence-corrected chi connectivity index (χ0v) is 17.9. The number of amides is 2. The molecule has 33 heavy (non-hydrogen) atoms. The number of likely N-dealkylation sites (tertiary alicyclic amines) is 1. The molecular formula is C23H22FN5O4. The molecule has 2 N–H and O–H groups in total. The van der Waals surface area contributed by atoms with Gasteiger partial charge in [-0.3, -0.25) is 19.4 Å². The summed E-state index contributed by atoms with van der Waals surface area (Å²) in [5.41, 5.74) is -0.341. The van der Waals surface area contributed by atoms with E-state index in [4.69, 9.17) is 0 Å². The Hall–Kier alpha value is -4.08. The highest BCUT2D eigenvalue weighted by Crippen LogP contribution is 2.31. The Morgan fingerprint density at radius 2 is 2.00 bits per heavy atom. The number of carbonyl (C=O) groups excluding carboxylic acids is 2. The molecule has 0 radical (unpaired) electrons. The van der Waals surface area contributed by atoms with Gasteiger partial charge in [0.25, 0.3) is 17.4 Å². The summed E-state index contributed by atoms with van der Waals surface area (Å²) >= 11 is 0. The van der Waals surface area contributed by atoms with E-state index in [-0.39, 0.29) is 24.0 Å². The van der Waals surface area contributed by atoms with Gasteiger partial charge in [0.2, 0.25) is 5.75 Å². The van der Waals surface area contributed by atoms with Crippen molar-refractivity contribution >= 4 is 11.8 Å². The van der Waals surface area contributed by atoms with Crippen LogP contribution in [0.2, 0.25) is 0 Å². The molecule has 0 saturated carbocycles. The molecule has 0 bridgehead atoms. The highest BCUT2D eigenvalue weighted by atomic mass is 19.1. The van der Waals surface area contributed by atoms with Crippen molar-refractivity contribution in [2.45, 2.75) is 25.4 Å². The summed E-state index contributed by atoms with van der Waals surface area (Å²) in [6.07, 6.45) is 2.74. The molecule has 10 heteroatoms. The van der Waals surface area contributed by atoms with Crippen LogP contribution in [0.3, 0.4) is 0 Å². The minimum Gasteiger partial charge on any atom is -0.501 e. The largest absolute Gasteiger partial charge is 0.501 e. The van der Waals surface area contributed by atoms with Gasteiger partial charge in [-0.05, 0) is 42.7 Å². The van der Waals surface area contributed by atoms with Crippen LogP contribution < -0.4 is 5.56 Å². The molecule has 2 amide bonds. The Kier molecular flexibility index (Phi) is 6.16. The molecule has 4 rings (SSSR count). The molecule has 3 aromatic rings. The number of aromatic nitrogens is 3. The number of H-pyrrole nitrogens is 1. The summed E-state index contributed by atoms with van der Waals surface area (Å²) in [6, 6.07) is 10.1. The predicted molar refractivity (Wildman–Crippen MR) is 116 cm³/mol. The van der Waals surface area contributed by atoms with Crippen molar-refractivity contribution in [3.05, 3.63) is 87.6 Å². The van der Waals surface area contributed by atoms with Gasteiger partial charge in [0.05, 0.1) is 6.04 Å². The fraction of sp³-hybridized carbons (Fsp3) is 0.261. The number of hydrogen-bond acceptors (Lipinski definition) is 6. The zero-order chi connectivity index (χ0) is 23.5. The molecule has 1 saturated heterocycles. The molecule has 1 aliphatic rings. The Morgan fingerprint density at radius 1 is 1.24 bits per heavy atom. The van der Waals surface area contributed by atoms with E-state index < -0.39 is 34.8 Å². The van der Waals surface area contributed by atoms with Crippen LogP contribution in [0, 0.1) is 5.82 Å². The quantitative estimate of drug-likeness (QED) is 0.614. The number of nitrogens with one attached hydrogen (secondary N) is 1. The van der Waals surface area contributed by atoms with Gasteiger partial charge in [0.1, 0.15) is 17.3 Å². The van der Waals surface area contributed by atoms with E-state index in [1.54, 1.807) is 23.1 Å². The number of benzene rings is 1. The summed E-state index contributed by atoms with van der Waals surface area (Å²) in [4.78, 5) is 52.0. The fourth-order valence-electron chi connectivity index (χ4n) is 3.84. The van der Waals surface area contributed by atoms with Gasteiger partial charge in [-0.25, -0.2) is 9.37 Å². The van der Waals surface area contributed by atoms with E-state index in [2.05, 4.69) is 15.0 Å². The maximum atomic E-state index is 13.1. The molecule has 9 nitrogen and oxygen atoms in total. The lowest BCUT2D eigenvalue weighted by molar-refractivity contribution is 0.0723. The topological polar surface area (TPSA) is 119 Å². The first-order valence-electron chi connectivity index (χ1n) is 10.4. The highest BCUT2D eigenvalue weighted by molar-refractivity contribution is 5.95. The Bertz CT molecular complexity index is 1230. The minimum atomic E-state index is -0.865. The van der Waals surface area contributed by atoms with Crippen LogP contribution in [0.5, 0.6) is 5.75 Å². The second kappa shape index (κ2) is 9.19. The summed E-state index contributed by atoms with van der Waals surface area (Å²) in [6.45, 7) is 0.564. The number of hydrogen-bond donors (Lipinski definition) is 2. The molecule has 1 aliphatic heterocycles. The molecule has 1 atom stereocenters. The second-order valence-electron chi connectivity index (χ2n) is 7.81. The smallest absolute Gasteiger partial charge is 0.294 e. The van der Waals surface area contributed by atoms with E-state index in [9.17, 15) is 23.9 Å². The van der Waals surface area contributed by atoms with Crippen LogP contribution in [-0.4, -0.2) is 55.3 Å². The first-order valence-corrected chi connectivity index (χ1v) is 10.4. The van der Waals surface area contributed by atoms with Crippen molar-refractivity contribution in [3.8, 4) is 5.75 Å². The van der Waals surface area contributed by atoms with Gasteiger partial charge in [-0.1, -0.05) is 18.2 Å².